The van der Waals surface area contributed by atoms with Crippen LogP contribution in [0, 0.1) is 0 Å². The lowest BCUT2D eigenvalue weighted by Gasteiger charge is -2.20. The Morgan fingerprint density at radius 1 is 0.435 bits per heavy atom. The molecule has 368 valence electrons. The maximum Gasteiger partial charge on any atom is 0.305 e. The van der Waals surface area contributed by atoms with Crippen LogP contribution >= 0.6 is 0 Å². The molecule has 62 heavy (non-hydrogen) atoms. The van der Waals surface area contributed by atoms with E-state index in [1.807, 2.05) is 6.08 Å². The van der Waals surface area contributed by atoms with Crippen molar-refractivity contribution in [3.63, 3.8) is 0 Å². The molecule has 0 aliphatic rings. The fourth-order valence-corrected chi connectivity index (χ4v) is 8.75. The number of unbranched alkanes of at least 4 members (excludes halogenated alkanes) is 41. The zero-order valence-electron chi connectivity index (χ0n) is 41.9. The topological polar surface area (TPSA) is 95.9 Å². The van der Waals surface area contributed by atoms with Crippen molar-refractivity contribution in [2.75, 3.05) is 13.2 Å². The normalized spacial score (nSPS) is 12.6. The predicted molar refractivity (Wildman–Crippen MR) is 269 cm³/mol. The lowest BCUT2D eigenvalue weighted by Crippen LogP contribution is -2.45. The van der Waals surface area contributed by atoms with Gasteiger partial charge in [0.25, 0.3) is 0 Å². The number of esters is 1. The van der Waals surface area contributed by atoms with Crippen molar-refractivity contribution < 1.29 is 24.5 Å². The standard InChI is InChI=1S/C56H109NO5/c1-3-5-7-9-11-13-15-25-28-32-36-40-44-48-54(59)53(52-58)57-55(60)49-45-41-37-33-29-26-23-21-19-17-18-20-22-24-27-31-35-39-43-47-51-62-56(61)50-46-42-38-34-30-16-14-12-10-8-6-4-2/h44,48,53-54,58-59H,3-43,45-47,49-52H2,1-2H3,(H,57,60)/b48-44+. The molecule has 6 heteroatoms. The molecule has 0 saturated heterocycles. The first-order chi connectivity index (χ1) is 30.5. The summed E-state index contributed by atoms with van der Waals surface area (Å²) in [6.45, 7) is 4.90. The van der Waals surface area contributed by atoms with Crippen LogP contribution in [0.5, 0.6) is 0 Å². The van der Waals surface area contributed by atoms with E-state index in [2.05, 4.69) is 19.2 Å². The van der Waals surface area contributed by atoms with E-state index in [1.54, 1.807) is 6.08 Å². The molecule has 0 aromatic heterocycles. The Morgan fingerprint density at radius 3 is 1.10 bits per heavy atom. The molecule has 0 aromatic rings. The van der Waals surface area contributed by atoms with Crippen LogP contribution in [0.15, 0.2) is 12.2 Å². The van der Waals surface area contributed by atoms with Crippen LogP contribution in [0.25, 0.3) is 0 Å². The van der Waals surface area contributed by atoms with Gasteiger partial charge >= 0.3 is 5.97 Å². The SMILES string of the molecule is CCCCCCCCCCCCC/C=C/C(O)C(CO)NC(=O)CCCCCCCCCCCCCCCCCCCCCCOC(=O)CCCCCCCCCCCCCC. The van der Waals surface area contributed by atoms with Gasteiger partial charge in [-0.25, -0.2) is 0 Å². The van der Waals surface area contributed by atoms with Crippen LogP contribution in [0.2, 0.25) is 0 Å². The second-order valence-electron chi connectivity index (χ2n) is 19.3. The summed E-state index contributed by atoms with van der Waals surface area (Å²) in [5, 5.41) is 23.0. The second kappa shape index (κ2) is 52.2. The number of ether oxygens (including phenoxy) is 1. The Balaban J connectivity index is 3.40. The molecular weight excluding hydrogens is 767 g/mol. The van der Waals surface area contributed by atoms with Gasteiger partial charge in [0.1, 0.15) is 0 Å². The van der Waals surface area contributed by atoms with Gasteiger partial charge in [-0.2, -0.15) is 0 Å². The summed E-state index contributed by atoms with van der Waals surface area (Å²) < 4.78 is 5.47. The highest BCUT2D eigenvalue weighted by Gasteiger charge is 2.18. The summed E-state index contributed by atoms with van der Waals surface area (Å²) in [7, 11) is 0. The van der Waals surface area contributed by atoms with E-state index in [0.717, 1.165) is 38.5 Å². The van der Waals surface area contributed by atoms with Crippen molar-refractivity contribution in [2.45, 2.75) is 321 Å². The van der Waals surface area contributed by atoms with E-state index in [9.17, 15) is 19.8 Å². The van der Waals surface area contributed by atoms with Crippen molar-refractivity contribution >= 4 is 11.9 Å². The average Bonchev–Trinajstić information content (AvgIpc) is 3.27. The number of allylic oxidation sites excluding steroid dienone is 1. The van der Waals surface area contributed by atoms with E-state index >= 15 is 0 Å². The largest absolute Gasteiger partial charge is 0.466 e. The number of nitrogens with one attached hydrogen (secondary N) is 1. The lowest BCUT2D eigenvalue weighted by molar-refractivity contribution is -0.143. The number of hydrogen-bond donors (Lipinski definition) is 3. The van der Waals surface area contributed by atoms with Crippen molar-refractivity contribution in [2.24, 2.45) is 0 Å². The molecule has 0 aliphatic heterocycles. The van der Waals surface area contributed by atoms with Gasteiger partial charge in [-0.15, -0.1) is 0 Å². The molecule has 0 rings (SSSR count). The molecular formula is C56H109NO5. The average molecular weight is 876 g/mol. The fourth-order valence-electron chi connectivity index (χ4n) is 8.75. The molecule has 0 fully saturated rings. The molecule has 3 N–H and O–H groups in total. The number of aliphatic hydroxyl groups is 2. The Hall–Kier alpha value is -1.40. The van der Waals surface area contributed by atoms with E-state index in [0.29, 0.717) is 19.4 Å². The third-order valence-corrected chi connectivity index (χ3v) is 13.1. The zero-order valence-corrected chi connectivity index (χ0v) is 41.9. The van der Waals surface area contributed by atoms with Gasteiger partial charge in [-0.3, -0.25) is 9.59 Å². The maximum absolute atomic E-state index is 12.4. The van der Waals surface area contributed by atoms with Crippen LogP contribution in [-0.2, 0) is 14.3 Å². The van der Waals surface area contributed by atoms with Crippen LogP contribution in [0.1, 0.15) is 309 Å². The predicted octanol–water partition coefficient (Wildman–Crippen LogP) is 16.9. The molecule has 6 nitrogen and oxygen atoms in total. The minimum atomic E-state index is -0.843. The van der Waals surface area contributed by atoms with Gasteiger partial charge in [-0.05, 0) is 32.1 Å². The number of amides is 1. The van der Waals surface area contributed by atoms with Crippen molar-refractivity contribution in [3.8, 4) is 0 Å². The number of aliphatic hydroxyl groups excluding tert-OH is 2. The number of carbonyl (C=O) groups is 2. The second-order valence-corrected chi connectivity index (χ2v) is 19.3. The highest BCUT2D eigenvalue weighted by Crippen LogP contribution is 2.17. The van der Waals surface area contributed by atoms with E-state index in [4.69, 9.17) is 4.74 Å². The molecule has 0 aliphatic carbocycles. The number of carbonyl (C=O) groups excluding carboxylic acids is 2. The molecule has 0 saturated carbocycles. The molecule has 0 heterocycles. The minimum Gasteiger partial charge on any atom is -0.466 e. The maximum atomic E-state index is 12.4. The Labute approximate surface area is 387 Å². The molecule has 0 bridgehead atoms. The summed E-state index contributed by atoms with van der Waals surface area (Å²) in [5.41, 5.74) is 0. The first-order valence-electron chi connectivity index (χ1n) is 28.0. The van der Waals surface area contributed by atoms with Crippen molar-refractivity contribution in [3.05, 3.63) is 12.2 Å². The van der Waals surface area contributed by atoms with E-state index in [1.165, 1.54) is 244 Å². The molecule has 0 spiro atoms. The Morgan fingerprint density at radius 2 is 0.742 bits per heavy atom. The summed E-state index contributed by atoms with van der Waals surface area (Å²) in [5.74, 6) is -0.0582. The third kappa shape index (κ3) is 48.1. The molecule has 2 unspecified atom stereocenters. The monoisotopic (exact) mass is 876 g/mol. The van der Waals surface area contributed by atoms with Crippen LogP contribution in [-0.4, -0.2) is 47.4 Å². The van der Waals surface area contributed by atoms with Crippen molar-refractivity contribution in [1.82, 2.24) is 5.32 Å². The fraction of sp³-hybridized carbons (Fsp3) is 0.929. The van der Waals surface area contributed by atoms with Gasteiger partial charge in [-0.1, -0.05) is 276 Å². The first-order valence-corrected chi connectivity index (χ1v) is 28.0. The van der Waals surface area contributed by atoms with Gasteiger partial charge < -0.3 is 20.3 Å². The molecule has 0 radical (unpaired) electrons. The summed E-state index contributed by atoms with van der Waals surface area (Å²) in [6.07, 6.45) is 60.8. The molecule has 0 aromatic carbocycles. The highest BCUT2D eigenvalue weighted by atomic mass is 16.5. The van der Waals surface area contributed by atoms with Gasteiger partial charge in [0.15, 0.2) is 0 Å². The van der Waals surface area contributed by atoms with E-state index in [-0.39, 0.29) is 18.5 Å². The zero-order chi connectivity index (χ0) is 45.1. The smallest absolute Gasteiger partial charge is 0.305 e. The molecule has 2 atom stereocenters. The summed E-state index contributed by atoms with van der Waals surface area (Å²) in [4.78, 5) is 24.4. The van der Waals surface area contributed by atoms with Gasteiger partial charge in [0.2, 0.25) is 5.91 Å². The van der Waals surface area contributed by atoms with Gasteiger partial charge in [0, 0.05) is 12.8 Å². The van der Waals surface area contributed by atoms with Crippen LogP contribution in [0.3, 0.4) is 0 Å². The van der Waals surface area contributed by atoms with Crippen LogP contribution < -0.4 is 5.32 Å². The third-order valence-electron chi connectivity index (χ3n) is 13.1. The Kier molecular flexibility index (Phi) is 51.0. The highest BCUT2D eigenvalue weighted by molar-refractivity contribution is 5.76. The Bertz CT molecular complexity index is 924. The number of rotatable bonds is 52. The summed E-state index contributed by atoms with van der Waals surface area (Å²) >= 11 is 0. The van der Waals surface area contributed by atoms with E-state index < -0.39 is 12.1 Å². The molecule has 1 amide bonds. The number of hydrogen-bond acceptors (Lipinski definition) is 5. The first kappa shape index (κ1) is 60.6. The lowest BCUT2D eigenvalue weighted by atomic mass is 10.0. The van der Waals surface area contributed by atoms with Crippen molar-refractivity contribution in [1.29, 1.82) is 0 Å². The quantitative estimate of drug-likeness (QED) is 0.0321. The summed E-state index contributed by atoms with van der Waals surface area (Å²) in [6, 6.07) is -0.627. The van der Waals surface area contributed by atoms with Crippen LogP contribution in [0.4, 0.5) is 0 Å². The van der Waals surface area contributed by atoms with Gasteiger partial charge in [0.05, 0.1) is 25.4 Å². The minimum absolute atomic E-state index is 0.0108.